The molecule has 16 heavy (non-hydrogen) atoms. The van der Waals surface area contributed by atoms with Crippen LogP contribution >= 0.6 is 23.4 Å². The Morgan fingerprint density at radius 3 is 3.00 bits per heavy atom. The summed E-state index contributed by atoms with van der Waals surface area (Å²) in [6.45, 7) is 1.53. The SMILES string of the molecule is CC(=O)SCCC#Cc1cc(O)ccc1Cl. The minimum atomic E-state index is 0.0946. The van der Waals surface area contributed by atoms with Crippen molar-refractivity contribution in [3.8, 4) is 17.6 Å². The second kappa shape index (κ2) is 6.47. The molecule has 0 unspecified atom stereocenters. The molecule has 0 saturated carbocycles. The first-order valence-corrected chi connectivity index (χ1v) is 6.06. The number of phenols is 1. The van der Waals surface area contributed by atoms with Gasteiger partial charge in [-0.3, -0.25) is 4.79 Å². The Balaban J connectivity index is 2.56. The molecule has 1 N–H and O–H groups in total. The molecular formula is C12H11ClO2S. The predicted molar refractivity (Wildman–Crippen MR) is 67.8 cm³/mol. The molecule has 0 fully saturated rings. The summed E-state index contributed by atoms with van der Waals surface area (Å²) < 4.78 is 0. The average Bonchev–Trinajstić information content (AvgIpc) is 2.22. The molecule has 0 heterocycles. The maximum atomic E-state index is 10.6. The lowest BCUT2D eigenvalue weighted by molar-refractivity contribution is -0.109. The fraction of sp³-hybridized carbons (Fsp3) is 0.250. The number of thioether (sulfide) groups is 1. The molecule has 0 atom stereocenters. The third-order valence-electron chi connectivity index (χ3n) is 1.71. The van der Waals surface area contributed by atoms with Gasteiger partial charge in [-0.25, -0.2) is 0 Å². The van der Waals surface area contributed by atoms with Crippen LogP contribution in [0.1, 0.15) is 18.9 Å². The van der Waals surface area contributed by atoms with Crippen LogP contribution in [0.3, 0.4) is 0 Å². The van der Waals surface area contributed by atoms with Crippen LogP contribution in [-0.2, 0) is 4.79 Å². The number of carbonyl (C=O) groups excluding carboxylic acids is 1. The second-order valence-electron chi connectivity index (χ2n) is 3.06. The van der Waals surface area contributed by atoms with E-state index < -0.39 is 0 Å². The summed E-state index contributed by atoms with van der Waals surface area (Å²) in [5, 5.41) is 9.85. The largest absolute Gasteiger partial charge is 0.508 e. The van der Waals surface area contributed by atoms with E-state index in [2.05, 4.69) is 11.8 Å². The number of hydrogen-bond acceptors (Lipinski definition) is 3. The molecule has 0 spiro atoms. The van der Waals surface area contributed by atoms with Crippen LogP contribution in [0.5, 0.6) is 5.75 Å². The van der Waals surface area contributed by atoms with Crippen LogP contribution in [0.15, 0.2) is 18.2 Å². The van der Waals surface area contributed by atoms with Crippen molar-refractivity contribution < 1.29 is 9.90 Å². The van der Waals surface area contributed by atoms with E-state index in [1.807, 2.05) is 0 Å². The quantitative estimate of drug-likeness (QED) is 0.651. The van der Waals surface area contributed by atoms with Gasteiger partial charge in [0.05, 0.1) is 5.02 Å². The van der Waals surface area contributed by atoms with Crippen molar-refractivity contribution in [1.82, 2.24) is 0 Å². The lowest BCUT2D eigenvalue weighted by Gasteiger charge is -1.96. The molecule has 0 saturated heterocycles. The summed E-state index contributed by atoms with van der Waals surface area (Å²) >= 11 is 7.14. The molecule has 84 valence electrons. The fourth-order valence-corrected chi connectivity index (χ4v) is 1.67. The molecule has 0 aromatic heterocycles. The van der Waals surface area contributed by atoms with Gasteiger partial charge in [0, 0.05) is 24.7 Å². The van der Waals surface area contributed by atoms with Gasteiger partial charge in [-0.2, -0.15) is 0 Å². The number of rotatable bonds is 2. The molecule has 2 nitrogen and oxygen atoms in total. The van der Waals surface area contributed by atoms with Crippen LogP contribution in [0.2, 0.25) is 5.02 Å². The van der Waals surface area contributed by atoms with Gasteiger partial charge in [0.1, 0.15) is 5.75 Å². The smallest absolute Gasteiger partial charge is 0.185 e. The zero-order valence-electron chi connectivity index (χ0n) is 8.79. The maximum Gasteiger partial charge on any atom is 0.185 e. The maximum absolute atomic E-state index is 10.6. The first-order chi connectivity index (χ1) is 7.59. The summed E-state index contributed by atoms with van der Waals surface area (Å²) in [6, 6.07) is 4.64. The number of carbonyl (C=O) groups is 1. The Morgan fingerprint density at radius 2 is 2.31 bits per heavy atom. The zero-order valence-corrected chi connectivity index (χ0v) is 10.4. The molecule has 0 bridgehead atoms. The molecule has 0 amide bonds. The van der Waals surface area contributed by atoms with Crippen LogP contribution in [0, 0.1) is 11.8 Å². The van der Waals surface area contributed by atoms with Crippen LogP contribution in [0.4, 0.5) is 0 Å². The van der Waals surface area contributed by atoms with E-state index in [-0.39, 0.29) is 10.9 Å². The summed E-state index contributed by atoms with van der Waals surface area (Å²) in [5.74, 6) is 6.59. The Hall–Kier alpha value is -1.11. The monoisotopic (exact) mass is 254 g/mol. The van der Waals surface area contributed by atoms with Gasteiger partial charge >= 0.3 is 0 Å². The van der Waals surface area contributed by atoms with E-state index >= 15 is 0 Å². The summed E-state index contributed by atoms with van der Waals surface area (Å²) in [4.78, 5) is 10.6. The third-order valence-corrected chi connectivity index (χ3v) is 2.85. The summed E-state index contributed by atoms with van der Waals surface area (Å²) in [7, 11) is 0. The lowest BCUT2D eigenvalue weighted by Crippen LogP contribution is -1.84. The average molecular weight is 255 g/mol. The second-order valence-corrected chi connectivity index (χ2v) is 4.74. The molecule has 1 aromatic rings. The minimum absolute atomic E-state index is 0.0946. The molecule has 0 aliphatic carbocycles. The van der Waals surface area contributed by atoms with E-state index in [0.717, 1.165) is 0 Å². The molecular weight excluding hydrogens is 244 g/mol. The molecule has 0 aliphatic heterocycles. The van der Waals surface area contributed by atoms with Crippen LogP contribution in [-0.4, -0.2) is 16.0 Å². The Morgan fingerprint density at radius 1 is 1.56 bits per heavy atom. The molecule has 4 heteroatoms. The highest BCUT2D eigenvalue weighted by Crippen LogP contribution is 2.19. The van der Waals surface area contributed by atoms with E-state index in [9.17, 15) is 9.90 Å². The van der Waals surface area contributed by atoms with Crippen molar-refractivity contribution in [2.45, 2.75) is 13.3 Å². The van der Waals surface area contributed by atoms with Gasteiger partial charge in [-0.05, 0) is 18.2 Å². The Kier molecular flexibility index (Phi) is 5.24. The fourth-order valence-electron chi connectivity index (χ4n) is 1.01. The topological polar surface area (TPSA) is 37.3 Å². The highest BCUT2D eigenvalue weighted by molar-refractivity contribution is 8.13. The van der Waals surface area contributed by atoms with Gasteiger partial charge in [-0.15, -0.1) is 0 Å². The van der Waals surface area contributed by atoms with E-state index in [4.69, 9.17) is 11.6 Å². The molecule has 0 aliphatic rings. The van der Waals surface area contributed by atoms with Crippen LogP contribution in [0.25, 0.3) is 0 Å². The zero-order chi connectivity index (χ0) is 12.0. The summed E-state index contributed by atoms with van der Waals surface area (Å²) in [5.41, 5.74) is 0.606. The summed E-state index contributed by atoms with van der Waals surface area (Å²) in [6.07, 6.45) is 0.621. The van der Waals surface area contributed by atoms with Crippen molar-refractivity contribution in [3.63, 3.8) is 0 Å². The molecule has 0 radical (unpaired) electrons. The predicted octanol–water partition coefficient (Wildman–Crippen LogP) is 3.07. The normalized spacial score (nSPS) is 9.38. The third kappa shape index (κ3) is 4.61. The standard InChI is InChI=1S/C12H11ClO2S/c1-9(14)16-7-3-2-4-10-8-11(15)5-6-12(10)13/h5-6,8,15H,3,7H2,1H3. The van der Waals surface area contributed by atoms with Crippen LogP contribution < -0.4 is 0 Å². The highest BCUT2D eigenvalue weighted by atomic mass is 35.5. The highest BCUT2D eigenvalue weighted by Gasteiger charge is 1.97. The Bertz CT molecular complexity index is 446. The van der Waals surface area contributed by atoms with Crippen molar-refractivity contribution in [1.29, 1.82) is 0 Å². The van der Waals surface area contributed by atoms with Crippen molar-refractivity contribution >= 4 is 28.5 Å². The van der Waals surface area contributed by atoms with E-state index in [0.29, 0.717) is 22.8 Å². The number of benzene rings is 1. The van der Waals surface area contributed by atoms with Crippen molar-refractivity contribution in [2.24, 2.45) is 0 Å². The first-order valence-electron chi connectivity index (χ1n) is 4.70. The first kappa shape index (κ1) is 13.0. The lowest BCUT2D eigenvalue weighted by atomic mass is 10.2. The van der Waals surface area contributed by atoms with Gasteiger partial charge in [0.15, 0.2) is 5.12 Å². The number of hydrogen-bond donors (Lipinski definition) is 1. The number of phenolic OH excluding ortho intramolecular Hbond substituents is 1. The van der Waals surface area contributed by atoms with E-state index in [1.165, 1.54) is 30.8 Å². The van der Waals surface area contributed by atoms with Gasteiger partial charge in [0.2, 0.25) is 0 Å². The number of halogens is 1. The van der Waals surface area contributed by atoms with Gasteiger partial charge in [0.25, 0.3) is 0 Å². The van der Waals surface area contributed by atoms with Gasteiger partial charge in [-0.1, -0.05) is 35.2 Å². The minimum Gasteiger partial charge on any atom is -0.508 e. The molecule has 1 aromatic carbocycles. The van der Waals surface area contributed by atoms with E-state index in [1.54, 1.807) is 6.07 Å². The van der Waals surface area contributed by atoms with Gasteiger partial charge < -0.3 is 5.11 Å². The van der Waals surface area contributed by atoms with Crippen molar-refractivity contribution in [2.75, 3.05) is 5.75 Å². The van der Waals surface area contributed by atoms with Crippen molar-refractivity contribution in [3.05, 3.63) is 28.8 Å². The number of aromatic hydroxyl groups is 1. The Labute approximate surface area is 104 Å². The molecule has 1 rings (SSSR count).